The van der Waals surface area contributed by atoms with Crippen molar-refractivity contribution in [3.05, 3.63) is 11.6 Å². The number of carbonyl (C=O) groups is 1. The van der Waals surface area contributed by atoms with E-state index in [4.69, 9.17) is 5.73 Å². The summed E-state index contributed by atoms with van der Waals surface area (Å²) in [5.41, 5.74) is 6.12. The first-order chi connectivity index (χ1) is 11.7. The van der Waals surface area contributed by atoms with Gasteiger partial charge in [-0.05, 0) is 51.4 Å². The molecule has 2 fully saturated rings. The van der Waals surface area contributed by atoms with Crippen LogP contribution in [0.3, 0.4) is 0 Å². The van der Waals surface area contributed by atoms with Gasteiger partial charge in [0.15, 0.2) is 5.82 Å². The van der Waals surface area contributed by atoms with E-state index in [0.29, 0.717) is 5.91 Å². The zero-order chi connectivity index (χ0) is 16.5. The second-order valence-electron chi connectivity index (χ2n) is 7.75. The molecule has 148 valence electrons. The molecule has 3 unspecified atom stereocenters. The van der Waals surface area contributed by atoms with Crippen LogP contribution in [0.2, 0.25) is 0 Å². The molecule has 1 saturated heterocycles. The predicted octanol–water partition coefficient (Wildman–Crippen LogP) is 3.03. The Kier molecular flexibility index (Phi) is 7.74. The zero-order valence-electron chi connectivity index (χ0n) is 15.3. The molecule has 0 radical (unpaired) electrons. The molecular weight excluding hydrogens is 373 g/mol. The maximum absolute atomic E-state index is 13.2. The van der Waals surface area contributed by atoms with Crippen LogP contribution in [0.4, 0.5) is 0 Å². The van der Waals surface area contributed by atoms with Crippen molar-refractivity contribution in [2.24, 2.45) is 11.7 Å². The molecular formula is C18H31Cl2N5O. The van der Waals surface area contributed by atoms with Gasteiger partial charge >= 0.3 is 0 Å². The van der Waals surface area contributed by atoms with Crippen LogP contribution >= 0.6 is 24.8 Å². The highest BCUT2D eigenvalue weighted by atomic mass is 35.5. The van der Waals surface area contributed by atoms with Gasteiger partial charge in [-0.2, -0.15) is 0 Å². The fourth-order valence-corrected chi connectivity index (χ4v) is 4.73. The van der Waals surface area contributed by atoms with E-state index in [1.54, 1.807) is 0 Å². The van der Waals surface area contributed by atoms with E-state index in [1.165, 1.54) is 19.3 Å². The molecule has 2 N–H and O–H groups in total. The van der Waals surface area contributed by atoms with Crippen LogP contribution in [0.25, 0.3) is 0 Å². The number of piperidine rings is 1. The average Bonchev–Trinajstić information content (AvgIpc) is 3.05. The van der Waals surface area contributed by atoms with Gasteiger partial charge in [-0.3, -0.25) is 4.79 Å². The van der Waals surface area contributed by atoms with Gasteiger partial charge in [0.1, 0.15) is 5.82 Å². The maximum Gasteiger partial charge on any atom is 0.226 e. The molecule has 4 rings (SSSR count). The molecule has 2 aliphatic heterocycles. The number of amides is 1. The number of hydrogen-bond acceptors (Lipinski definition) is 4. The predicted molar refractivity (Wildman–Crippen MR) is 106 cm³/mol. The molecule has 0 spiro atoms. The molecule has 3 aliphatic rings. The van der Waals surface area contributed by atoms with Crippen LogP contribution in [-0.2, 0) is 17.8 Å². The number of aryl methyl sites for hydroxylation is 1. The second-order valence-corrected chi connectivity index (χ2v) is 7.75. The van der Waals surface area contributed by atoms with Gasteiger partial charge in [-0.1, -0.05) is 6.42 Å². The van der Waals surface area contributed by atoms with Gasteiger partial charge in [0, 0.05) is 31.5 Å². The standard InChI is InChI=1S/C18H29N5O.2ClH/c19-14-7-5-6-13(12-14)18(24)22-10-3-1-8-15(22)17-21-20-16-9-2-4-11-23(16)17;;/h13-15H,1-12,19H2;2*1H. The van der Waals surface area contributed by atoms with E-state index in [-0.39, 0.29) is 42.8 Å². The van der Waals surface area contributed by atoms with E-state index < -0.39 is 0 Å². The molecule has 6 nitrogen and oxygen atoms in total. The van der Waals surface area contributed by atoms with Gasteiger partial charge in [0.05, 0.1) is 6.04 Å². The molecule has 1 aromatic rings. The van der Waals surface area contributed by atoms with Crippen molar-refractivity contribution < 1.29 is 4.79 Å². The zero-order valence-corrected chi connectivity index (χ0v) is 16.9. The van der Waals surface area contributed by atoms with Crippen molar-refractivity contribution in [2.75, 3.05) is 6.54 Å². The average molecular weight is 404 g/mol. The summed E-state index contributed by atoms with van der Waals surface area (Å²) < 4.78 is 2.28. The number of aromatic nitrogens is 3. The molecule has 1 aliphatic carbocycles. The first-order valence-corrected chi connectivity index (χ1v) is 9.72. The van der Waals surface area contributed by atoms with Crippen LogP contribution in [0, 0.1) is 5.92 Å². The summed E-state index contributed by atoms with van der Waals surface area (Å²) in [5, 5.41) is 8.91. The molecule has 1 saturated carbocycles. The molecule has 3 atom stereocenters. The normalized spacial score (nSPS) is 28.5. The largest absolute Gasteiger partial charge is 0.332 e. The highest BCUT2D eigenvalue weighted by Gasteiger charge is 2.37. The summed E-state index contributed by atoms with van der Waals surface area (Å²) in [5.74, 6) is 2.55. The number of fused-ring (bicyclic) bond motifs is 1. The van der Waals surface area contributed by atoms with Crippen LogP contribution in [0.1, 0.15) is 75.5 Å². The van der Waals surface area contributed by atoms with Gasteiger partial charge in [0.25, 0.3) is 0 Å². The minimum absolute atomic E-state index is 0. The summed E-state index contributed by atoms with van der Waals surface area (Å²) in [6.45, 7) is 1.86. The van der Waals surface area contributed by atoms with Crippen LogP contribution in [0.15, 0.2) is 0 Å². The lowest BCUT2D eigenvalue weighted by atomic mass is 9.84. The second kappa shape index (κ2) is 9.38. The van der Waals surface area contributed by atoms with Gasteiger partial charge < -0.3 is 15.2 Å². The first kappa shape index (κ1) is 21.5. The number of carbonyl (C=O) groups excluding carboxylic acids is 1. The fourth-order valence-electron chi connectivity index (χ4n) is 4.73. The van der Waals surface area contributed by atoms with E-state index in [1.807, 2.05) is 0 Å². The third-order valence-corrected chi connectivity index (χ3v) is 6.04. The Bertz CT molecular complexity index is 608. The van der Waals surface area contributed by atoms with Crippen molar-refractivity contribution in [1.29, 1.82) is 0 Å². The number of likely N-dealkylation sites (tertiary alicyclic amines) is 1. The Labute approximate surface area is 168 Å². The monoisotopic (exact) mass is 403 g/mol. The SMILES string of the molecule is Cl.Cl.NC1CCCC(C(=O)N2CCCCC2c2nnc3n2CCCC3)C1. The van der Waals surface area contributed by atoms with Crippen molar-refractivity contribution in [1.82, 2.24) is 19.7 Å². The van der Waals surface area contributed by atoms with E-state index in [0.717, 1.165) is 69.7 Å². The van der Waals surface area contributed by atoms with Crippen LogP contribution in [-0.4, -0.2) is 38.2 Å². The van der Waals surface area contributed by atoms with Crippen molar-refractivity contribution >= 4 is 30.7 Å². The third-order valence-electron chi connectivity index (χ3n) is 6.04. The summed E-state index contributed by atoms with van der Waals surface area (Å²) in [6, 6.07) is 0.306. The highest BCUT2D eigenvalue weighted by Crippen LogP contribution is 2.35. The molecule has 0 bridgehead atoms. The van der Waals surface area contributed by atoms with Crippen molar-refractivity contribution in [3.8, 4) is 0 Å². The number of nitrogens with two attached hydrogens (primary N) is 1. The Morgan fingerprint density at radius 1 is 0.962 bits per heavy atom. The lowest BCUT2D eigenvalue weighted by Gasteiger charge is -2.39. The summed E-state index contributed by atoms with van der Waals surface area (Å²) in [7, 11) is 0. The molecule has 0 aromatic carbocycles. The Morgan fingerprint density at radius 3 is 2.58 bits per heavy atom. The van der Waals surface area contributed by atoms with E-state index >= 15 is 0 Å². The van der Waals surface area contributed by atoms with Gasteiger partial charge in [-0.25, -0.2) is 0 Å². The van der Waals surface area contributed by atoms with E-state index in [9.17, 15) is 4.79 Å². The minimum atomic E-state index is 0. The topological polar surface area (TPSA) is 77.0 Å². The lowest BCUT2D eigenvalue weighted by Crippen LogP contribution is -2.45. The molecule has 26 heavy (non-hydrogen) atoms. The summed E-state index contributed by atoms with van der Waals surface area (Å²) >= 11 is 0. The molecule has 8 heteroatoms. The first-order valence-electron chi connectivity index (χ1n) is 9.72. The number of nitrogens with zero attached hydrogens (tertiary/aromatic N) is 4. The smallest absolute Gasteiger partial charge is 0.226 e. The summed E-state index contributed by atoms with van der Waals surface area (Å²) in [6.07, 6.45) is 10.7. The Balaban J connectivity index is 0.00000121. The number of halogens is 2. The molecule has 3 heterocycles. The van der Waals surface area contributed by atoms with Crippen LogP contribution < -0.4 is 5.73 Å². The quantitative estimate of drug-likeness (QED) is 0.822. The molecule has 1 aromatic heterocycles. The fraction of sp³-hybridized carbons (Fsp3) is 0.833. The number of hydrogen-bond donors (Lipinski definition) is 1. The van der Waals surface area contributed by atoms with Gasteiger partial charge in [-0.15, -0.1) is 35.0 Å². The van der Waals surface area contributed by atoms with Gasteiger partial charge in [0.2, 0.25) is 5.91 Å². The summed E-state index contributed by atoms with van der Waals surface area (Å²) in [4.78, 5) is 15.3. The van der Waals surface area contributed by atoms with E-state index in [2.05, 4.69) is 19.7 Å². The Morgan fingerprint density at radius 2 is 1.77 bits per heavy atom. The minimum Gasteiger partial charge on any atom is -0.332 e. The van der Waals surface area contributed by atoms with Crippen LogP contribution in [0.5, 0.6) is 0 Å². The molecule has 1 amide bonds. The highest BCUT2D eigenvalue weighted by molar-refractivity contribution is 5.85. The Hall–Kier alpha value is -0.850. The number of rotatable bonds is 2. The van der Waals surface area contributed by atoms with Crippen molar-refractivity contribution in [3.63, 3.8) is 0 Å². The lowest BCUT2D eigenvalue weighted by molar-refractivity contribution is -0.141. The maximum atomic E-state index is 13.2. The third kappa shape index (κ3) is 4.18. The van der Waals surface area contributed by atoms with Crippen molar-refractivity contribution in [2.45, 2.75) is 82.8 Å².